The number of amides is 6. The maximum Gasteiger partial charge on any atom is 0.329 e. The molecule has 0 aliphatic carbocycles. The average Bonchev–Trinajstić information content (AvgIpc) is 3.84. The van der Waals surface area contributed by atoms with E-state index >= 15 is 0 Å². The van der Waals surface area contributed by atoms with Crippen molar-refractivity contribution in [3.63, 3.8) is 0 Å². The first-order valence-electron chi connectivity index (χ1n) is 20.5. The number of aryl methyl sites for hydroxylation is 2. The maximum absolute atomic E-state index is 14.8. The Bertz CT molecular complexity index is 1980. The Morgan fingerprint density at radius 3 is 2.32 bits per heavy atom. The van der Waals surface area contributed by atoms with Crippen molar-refractivity contribution in [3.8, 4) is 0 Å². The second kappa shape index (κ2) is 18.3. The van der Waals surface area contributed by atoms with Gasteiger partial charge in [-0.15, -0.1) is 0 Å². The molecule has 0 radical (unpaired) electrons. The quantitative estimate of drug-likeness (QED) is 0.345. The van der Waals surface area contributed by atoms with Gasteiger partial charge >= 0.3 is 5.97 Å². The van der Waals surface area contributed by atoms with Crippen LogP contribution in [0.25, 0.3) is 0 Å². The number of cyclic esters (lactones) is 1. The van der Waals surface area contributed by atoms with Crippen molar-refractivity contribution in [1.29, 1.82) is 0 Å². The first-order valence-corrected chi connectivity index (χ1v) is 20.5. The summed E-state index contributed by atoms with van der Waals surface area (Å²) in [6, 6.07) is 5.13. The molecule has 4 aliphatic rings. The monoisotopic (exact) mass is 817 g/mol. The molecule has 318 valence electrons. The van der Waals surface area contributed by atoms with Gasteiger partial charge < -0.3 is 40.3 Å². The molecule has 6 amide bonds. The number of esters is 1. The number of carbonyl (C=O) groups excluding carboxylic acids is 7. The first kappa shape index (κ1) is 43.2. The topological polar surface area (TPSA) is 178 Å². The lowest BCUT2D eigenvalue weighted by molar-refractivity contribution is -0.163. The van der Waals surface area contributed by atoms with Gasteiger partial charge in [0.25, 0.3) is 0 Å². The number of piperazine rings is 1. The Labute approximate surface area is 344 Å². The lowest BCUT2D eigenvalue weighted by Gasteiger charge is -2.42. The maximum atomic E-state index is 14.8. The highest BCUT2D eigenvalue weighted by Crippen LogP contribution is 2.28. The van der Waals surface area contributed by atoms with Crippen LogP contribution in [0.5, 0.6) is 0 Å². The number of benzene rings is 2. The fourth-order valence-electron chi connectivity index (χ4n) is 8.66. The molecule has 0 saturated carbocycles. The van der Waals surface area contributed by atoms with Crippen LogP contribution in [0.4, 0.5) is 4.39 Å². The van der Waals surface area contributed by atoms with Crippen molar-refractivity contribution in [2.75, 3.05) is 39.8 Å². The number of ether oxygens (including phenoxy) is 1. The third-order valence-corrected chi connectivity index (χ3v) is 11.9. The number of carbonyl (C=O) groups is 7. The molecule has 6 rings (SSSR count). The third kappa shape index (κ3) is 9.91. The van der Waals surface area contributed by atoms with Gasteiger partial charge in [-0.05, 0) is 82.7 Å². The van der Waals surface area contributed by atoms with Crippen LogP contribution in [-0.2, 0) is 51.1 Å². The van der Waals surface area contributed by atoms with Gasteiger partial charge in [0.1, 0.15) is 48.2 Å². The summed E-state index contributed by atoms with van der Waals surface area (Å²) < 4.78 is 20.8. The predicted molar refractivity (Wildman–Crippen MR) is 214 cm³/mol. The molecule has 4 heterocycles. The standard InChI is InChI=1S/C43H56FN7O8/c1-24-9-7-10-29(17-24)20-32(46-36(52)21-30-13-12-25(2)18-31(30)44)38(53)47-37-28(5)59-43(58)34-19-26(3)22-51(34)40(55)27(4)45-39(54)35-23-48(6)15-16-50(35)41(56)33-11-8-14-49(33)42(37)57/h7,9-10,12-13,17-18,26-28,32-35,37H,8,11,14-16,19-23H2,1-6H3,(H,45,54)(H,46,52)(H,47,53)/t26-,27+,28+,32+,33+,34+,35+,37+/m1/s1. The van der Waals surface area contributed by atoms with Gasteiger partial charge in [-0.25, -0.2) is 9.18 Å². The van der Waals surface area contributed by atoms with Crippen molar-refractivity contribution in [2.45, 2.75) is 109 Å². The fourth-order valence-corrected chi connectivity index (χ4v) is 8.66. The van der Waals surface area contributed by atoms with Crippen molar-refractivity contribution >= 4 is 41.4 Å². The lowest BCUT2D eigenvalue weighted by atomic mass is 10.0. The van der Waals surface area contributed by atoms with Crippen molar-refractivity contribution in [2.24, 2.45) is 5.92 Å². The molecule has 4 aliphatic heterocycles. The molecule has 0 unspecified atom stereocenters. The zero-order valence-electron chi connectivity index (χ0n) is 34.7. The van der Waals surface area contributed by atoms with Gasteiger partial charge in [-0.1, -0.05) is 48.9 Å². The number of hydrogen-bond acceptors (Lipinski definition) is 9. The van der Waals surface area contributed by atoms with Crippen LogP contribution in [0.1, 0.15) is 62.3 Å². The summed E-state index contributed by atoms with van der Waals surface area (Å²) >= 11 is 0. The SMILES string of the molecule is Cc1cccc(C[C@H](NC(=O)Cc2ccc(C)cc2F)C(=O)N[C@@H]2C(=O)N3CCC[C@H]3C(=O)N3CCN(C)C[C@H]3C(=O)N[C@@H](C)C(=O)N3C[C@H](C)C[C@H]3C(=O)O[C@H]2C)c1. The van der Waals surface area contributed by atoms with E-state index in [9.17, 15) is 38.0 Å². The molecule has 3 N–H and O–H groups in total. The van der Waals surface area contributed by atoms with Crippen LogP contribution in [-0.4, -0.2) is 143 Å². The molecule has 4 fully saturated rings. The zero-order valence-corrected chi connectivity index (χ0v) is 34.7. The number of hydrogen-bond donors (Lipinski definition) is 3. The Morgan fingerprint density at radius 2 is 1.59 bits per heavy atom. The second-order valence-electron chi connectivity index (χ2n) is 16.8. The molecule has 2 aromatic carbocycles. The third-order valence-electron chi connectivity index (χ3n) is 11.9. The zero-order chi connectivity index (χ0) is 42.7. The van der Waals surface area contributed by atoms with Crippen LogP contribution in [0.15, 0.2) is 42.5 Å². The normalized spacial score (nSPS) is 27.7. The number of likely N-dealkylation sites (N-methyl/N-ethyl adjacent to an activating group) is 1. The Morgan fingerprint density at radius 1 is 0.864 bits per heavy atom. The molecule has 8 atom stereocenters. The lowest BCUT2D eigenvalue weighted by Crippen LogP contribution is -2.65. The molecule has 16 heteroatoms. The van der Waals surface area contributed by atoms with E-state index in [-0.39, 0.29) is 56.9 Å². The van der Waals surface area contributed by atoms with Crippen LogP contribution in [0.2, 0.25) is 0 Å². The Kier molecular flexibility index (Phi) is 13.4. The summed E-state index contributed by atoms with van der Waals surface area (Å²) in [6.45, 7) is 9.80. The minimum absolute atomic E-state index is 0.0115. The van der Waals surface area contributed by atoms with Gasteiger partial charge in [0, 0.05) is 39.1 Å². The molecular formula is C43H56FN7O8. The highest BCUT2D eigenvalue weighted by Gasteiger charge is 2.47. The number of nitrogens with one attached hydrogen (secondary N) is 3. The second-order valence-corrected chi connectivity index (χ2v) is 16.8. The number of fused-ring (bicyclic) bond motifs is 3. The Balaban J connectivity index is 1.34. The predicted octanol–water partition coefficient (Wildman–Crippen LogP) is 1.02. The van der Waals surface area contributed by atoms with Crippen LogP contribution >= 0.6 is 0 Å². The number of halogens is 1. The minimum atomic E-state index is -1.52. The van der Waals surface area contributed by atoms with Crippen molar-refractivity contribution < 1.29 is 42.7 Å². The molecule has 59 heavy (non-hydrogen) atoms. The van der Waals surface area contributed by atoms with Crippen LogP contribution < -0.4 is 16.0 Å². The summed E-state index contributed by atoms with van der Waals surface area (Å²) in [6.07, 6.45) is -0.593. The molecule has 0 spiro atoms. The van der Waals surface area contributed by atoms with Crippen molar-refractivity contribution in [3.05, 3.63) is 70.5 Å². The van der Waals surface area contributed by atoms with Crippen LogP contribution in [0, 0.1) is 25.6 Å². The molecule has 0 aromatic heterocycles. The van der Waals surface area contributed by atoms with Crippen molar-refractivity contribution in [1.82, 2.24) is 35.6 Å². The summed E-state index contributed by atoms with van der Waals surface area (Å²) in [5.41, 5.74) is 2.45. The van der Waals surface area contributed by atoms with E-state index < -0.39 is 89.6 Å². The molecular weight excluding hydrogens is 762 g/mol. The van der Waals surface area contributed by atoms with Gasteiger partial charge in [-0.3, -0.25) is 28.8 Å². The number of nitrogens with zero attached hydrogens (tertiary/aromatic N) is 4. The van der Waals surface area contributed by atoms with E-state index in [0.29, 0.717) is 30.5 Å². The Hall–Kier alpha value is -5.38. The van der Waals surface area contributed by atoms with E-state index in [1.807, 2.05) is 44.0 Å². The molecule has 2 aromatic rings. The average molecular weight is 818 g/mol. The highest BCUT2D eigenvalue weighted by molar-refractivity contribution is 5.98. The summed E-state index contributed by atoms with van der Waals surface area (Å²) in [7, 11) is 1.83. The van der Waals surface area contributed by atoms with Gasteiger partial charge in [0.05, 0.1) is 6.42 Å². The van der Waals surface area contributed by atoms with Gasteiger partial charge in [0.15, 0.2) is 0 Å². The fraction of sp³-hybridized carbons (Fsp3) is 0.558. The van der Waals surface area contributed by atoms with Gasteiger partial charge in [0.2, 0.25) is 35.4 Å². The largest absolute Gasteiger partial charge is 0.458 e. The van der Waals surface area contributed by atoms with E-state index in [1.165, 1.54) is 33.8 Å². The van der Waals surface area contributed by atoms with Crippen LogP contribution in [0.3, 0.4) is 0 Å². The van der Waals surface area contributed by atoms with E-state index in [0.717, 1.165) is 5.56 Å². The first-order chi connectivity index (χ1) is 28.0. The number of rotatable bonds is 7. The van der Waals surface area contributed by atoms with E-state index in [2.05, 4.69) is 16.0 Å². The molecule has 0 bridgehead atoms. The summed E-state index contributed by atoms with van der Waals surface area (Å²) in [5, 5.41) is 8.30. The highest BCUT2D eigenvalue weighted by atomic mass is 19.1. The van der Waals surface area contributed by atoms with E-state index in [1.54, 1.807) is 26.0 Å². The summed E-state index contributed by atoms with van der Waals surface area (Å²) in [4.78, 5) is 105. The molecule has 15 nitrogen and oxygen atoms in total. The smallest absolute Gasteiger partial charge is 0.329 e. The van der Waals surface area contributed by atoms with E-state index in [4.69, 9.17) is 4.74 Å². The summed E-state index contributed by atoms with van der Waals surface area (Å²) in [5.74, 6) is -4.96. The van der Waals surface area contributed by atoms with Gasteiger partial charge in [-0.2, -0.15) is 0 Å². The molecule has 4 saturated heterocycles. The minimum Gasteiger partial charge on any atom is -0.458 e.